The monoisotopic (exact) mass is 391 g/mol. The molecule has 0 saturated heterocycles. The summed E-state index contributed by atoms with van der Waals surface area (Å²) in [5, 5.41) is 9.70. The molecule has 2 rings (SSSR count). The lowest BCUT2D eigenvalue weighted by atomic mass is 10.2. The van der Waals surface area contributed by atoms with Gasteiger partial charge in [-0.1, -0.05) is 46.3 Å². The lowest BCUT2D eigenvalue weighted by Crippen LogP contribution is -2.34. The Morgan fingerprint density at radius 2 is 1.88 bits per heavy atom. The smallest absolute Gasteiger partial charge is 0.342 e. The maximum Gasteiger partial charge on any atom is 0.342 e. The molecule has 0 saturated carbocycles. The van der Waals surface area contributed by atoms with Crippen LogP contribution in [0.1, 0.15) is 22.8 Å². The van der Waals surface area contributed by atoms with Crippen LogP contribution >= 0.6 is 15.9 Å². The molecular weight excluding hydrogens is 374 g/mol. The van der Waals surface area contributed by atoms with E-state index < -0.39 is 5.97 Å². The predicted molar refractivity (Wildman–Crippen MR) is 93.6 cm³/mol. The van der Waals surface area contributed by atoms with Gasteiger partial charge in [0.2, 0.25) is 0 Å². The standard InChI is InChI=1S/C18H18BrNO4/c1-2-20(11-13-6-4-3-5-7-13)17(22)12-24-18(23)15-10-14(19)8-9-16(15)21/h3-10,21H,2,11-12H2,1H3. The summed E-state index contributed by atoms with van der Waals surface area (Å²) < 4.78 is 5.67. The van der Waals surface area contributed by atoms with Crippen LogP contribution < -0.4 is 0 Å². The molecule has 0 aromatic heterocycles. The highest BCUT2D eigenvalue weighted by molar-refractivity contribution is 9.10. The van der Waals surface area contributed by atoms with Gasteiger partial charge in [-0.2, -0.15) is 0 Å². The molecule has 0 radical (unpaired) electrons. The molecule has 0 spiro atoms. The zero-order valence-electron chi connectivity index (χ0n) is 13.2. The first kappa shape index (κ1) is 18.0. The Labute approximate surface area is 149 Å². The largest absolute Gasteiger partial charge is 0.507 e. The number of carbonyl (C=O) groups is 2. The molecule has 0 aliphatic rings. The van der Waals surface area contributed by atoms with E-state index in [2.05, 4.69) is 15.9 Å². The number of phenols is 1. The number of hydrogen-bond donors (Lipinski definition) is 1. The number of phenolic OH excluding ortho intramolecular Hbond substituents is 1. The number of aromatic hydroxyl groups is 1. The summed E-state index contributed by atoms with van der Waals surface area (Å²) in [6.45, 7) is 2.46. The van der Waals surface area contributed by atoms with Crippen molar-refractivity contribution in [2.24, 2.45) is 0 Å². The van der Waals surface area contributed by atoms with E-state index in [1.54, 1.807) is 11.0 Å². The van der Waals surface area contributed by atoms with Crippen LogP contribution in [0.25, 0.3) is 0 Å². The van der Waals surface area contributed by atoms with E-state index in [0.717, 1.165) is 5.56 Å². The lowest BCUT2D eigenvalue weighted by Gasteiger charge is -2.21. The molecule has 24 heavy (non-hydrogen) atoms. The van der Waals surface area contributed by atoms with Gasteiger partial charge in [0.1, 0.15) is 11.3 Å². The van der Waals surface area contributed by atoms with Crippen molar-refractivity contribution < 1.29 is 19.4 Å². The molecule has 0 fully saturated rings. The van der Waals surface area contributed by atoms with Gasteiger partial charge >= 0.3 is 5.97 Å². The lowest BCUT2D eigenvalue weighted by molar-refractivity contribution is -0.134. The third-order valence-corrected chi connectivity index (χ3v) is 3.95. The third-order valence-electron chi connectivity index (χ3n) is 3.46. The molecule has 6 heteroatoms. The average molecular weight is 392 g/mol. The van der Waals surface area contributed by atoms with Gasteiger partial charge in [-0.15, -0.1) is 0 Å². The van der Waals surface area contributed by atoms with Crippen molar-refractivity contribution in [3.8, 4) is 5.75 Å². The summed E-state index contributed by atoms with van der Waals surface area (Å²) in [6.07, 6.45) is 0. The minimum atomic E-state index is -0.738. The van der Waals surface area contributed by atoms with Gasteiger partial charge in [0.25, 0.3) is 5.91 Å². The number of carbonyl (C=O) groups excluding carboxylic acids is 2. The average Bonchev–Trinajstić information content (AvgIpc) is 2.60. The molecule has 1 amide bonds. The Bertz CT molecular complexity index is 718. The van der Waals surface area contributed by atoms with Crippen molar-refractivity contribution in [3.05, 3.63) is 64.1 Å². The van der Waals surface area contributed by atoms with Crippen LogP contribution in [0, 0.1) is 0 Å². The Morgan fingerprint density at radius 3 is 2.54 bits per heavy atom. The Kier molecular flexibility index (Phi) is 6.37. The third kappa shape index (κ3) is 4.83. The van der Waals surface area contributed by atoms with Crippen molar-refractivity contribution in [1.29, 1.82) is 0 Å². The van der Waals surface area contributed by atoms with Crippen LogP contribution in [0.2, 0.25) is 0 Å². The van der Waals surface area contributed by atoms with Crippen molar-refractivity contribution in [2.75, 3.05) is 13.2 Å². The summed E-state index contributed by atoms with van der Waals surface area (Å²) in [7, 11) is 0. The molecule has 2 aromatic carbocycles. The molecule has 0 heterocycles. The first-order valence-electron chi connectivity index (χ1n) is 7.48. The summed E-state index contributed by atoms with van der Waals surface area (Å²) in [6, 6.07) is 14.0. The number of esters is 1. The number of halogens is 1. The summed E-state index contributed by atoms with van der Waals surface area (Å²) in [5.41, 5.74) is 1.02. The molecule has 0 aliphatic carbocycles. The highest BCUT2D eigenvalue weighted by Crippen LogP contribution is 2.22. The van der Waals surface area contributed by atoms with Gasteiger partial charge in [0, 0.05) is 17.6 Å². The number of rotatable bonds is 6. The number of amides is 1. The Morgan fingerprint density at radius 1 is 1.17 bits per heavy atom. The van der Waals surface area contributed by atoms with Gasteiger partial charge in [-0.3, -0.25) is 4.79 Å². The van der Waals surface area contributed by atoms with Crippen LogP contribution in [0.5, 0.6) is 5.75 Å². The quantitative estimate of drug-likeness (QED) is 0.766. The maximum atomic E-state index is 12.2. The second-order valence-corrected chi connectivity index (χ2v) is 6.05. The fourth-order valence-corrected chi connectivity index (χ4v) is 2.51. The minimum Gasteiger partial charge on any atom is -0.507 e. The molecule has 5 nitrogen and oxygen atoms in total. The molecule has 0 bridgehead atoms. The van der Waals surface area contributed by atoms with Crippen molar-refractivity contribution in [1.82, 2.24) is 4.90 Å². The normalized spacial score (nSPS) is 10.2. The second kappa shape index (κ2) is 8.49. The number of likely N-dealkylation sites (N-methyl/N-ethyl adjacent to an activating group) is 1. The molecule has 0 unspecified atom stereocenters. The number of nitrogens with zero attached hydrogens (tertiary/aromatic N) is 1. The van der Waals surface area contributed by atoms with Gasteiger partial charge in [-0.05, 0) is 30.7 Å². The van der Waals surface area contributed by atoms with Crippen LogP contribution in [0.4, 0.5) is 0 Å². The molecular formula is C18H18BrNO4. The zero-order valence-corrected chi connectivity index (χ0v) is 14.8. The van der Waals surface area contributed by atoms with Crippen LogP contribution in [-0.2, 0) is 16.1 Å². The summed E-state index contributed by atoms with van der Waals surface area (Å²) in [4.78, 5) is 25.9. The molecule has 0 aliphatic heterocycles. The van der Waals surface area contributed by atoms with Crippen LogP contribution in [0.3, 0.4) is 0 Å². The number of hydrogen-bond acceptors (Lipinski definition) is 4. The molecule has 126 valence electrons. The van der Waals surface area contributed by atoms with E-state index in [9.17, 15) is 14.7 Å². The summed E-state index contributed by atoms with van der Waals surface area (Å²) >= 11 is 3.22. The van der Waals surface area contributed by atoms with Crippen molar-refractivity contribution >= 4 is 27.8 Å². The first-order valence-corrected chi connectivity index (χ1v) is 8.28. The zero-order chi connectivity index (χ0) is 17.5. The van der Waals surface area contributed by atoms with E-state index in [1.165, 1.54) is 12.1 Å². The van der Waals surface area contributed by atoms with Gasteiger partial charge in [0.05, 0.1) is 0 Å². The van der Waals surface area contributed by atoms with E-state index in [1.807, 2.05) is 37.3 Å². The SMILES string of the molecule is CCN(Cc1ccccc1)C(=O)COC(=O)c1cc(Br)ccc1O. The van der Waals surface area contributed by atoms with Crippen LogP contribution in [0.15, 0.2) is 53.0 Å². The topological polar surface area (TPSA) is 66.8 Å². The number of ether oxygens (including phenoxy) is 1. The van der Waals surface area contributed by atoms with Gasteiger partial charge < -0.3 is 14.7 Å². The highest BCUT2D eigenvalue weighted by atomic mass is 79.9. The number of benzene rings is 2. The van der Waals surface area contributed by atoms with E-state index >= 15 is 0 Å². The Hall–Kier alpha value is -2.34. The fraction of sp³-hybridized carbons (Fsp3) is 0.222. The first-order chi connectivity index (χ1) is 11.5. The summed E-state index contributed by atoms with van der Waals surface area (Å²) in [5.74, 6) is -1.21. The van der Waals surface area contributed by atoms with E-state index in [0.29, 0.717) is 17.6 Å². The van der Waals surface area contributed by atoms with Gasteiger partial charge in [0.15, 0.2) is 6.61 Å². The van der Waals surface area contributed by atoms with Crippen molar-refractivity contribution in [2.45, 2.75) is 13.5 Å². The molecule has 1 N–H and O–H groups in total. The van der Waals surface area contributed by atoms with Crippen molar-refractivity contribution in [3.63, 3.8) is 0 Å². The predicted octanol–water partition coefficient (Wildman–Crippen LogP) is 3.36. The Balaban J connectivity index is 1.95. The van der Waals surface area contributed by atoms with E-state index in [-0.39, 0.29) is 23.8 Å². The fourth-order valence-electron chi connectivity index (χ4n) is 2.15. The van der Waals surface area contributed by atoms with Crippen LogP contribution in [-0.4, -0.2) is 35.0 Å². The molecule has 2 aromatic rings. The highest BCUT2D eigenvalue weighted by Gasteiger charge is 2.18. The van der Waals surface area contributed by atoms with Gasteiger partial charge in [-0.25, -0.2) is 4.79 Å². The van der Waals surface area contributed by atoms with E-state index in [4.69, 9.17) is 4.74 Å². The molecule has 0 atom stereocenters. The maximum absolute atomic E-state index is 12.2. The minimum absolute atomic E-state index is 0.0169. The second-order valence-electron chi connectivity index (χ2n) is 5.13.